The minimum atomic E-state index is -0.152. The third kappa shape index (κ3) is 3.02. The van der Waals surface area contributed by atoms with E-state index in [9.17, 15) is 4.39 Å². The largest absolute Gasteiger partial charge is 0.372 e. The van der Waals surface area contributed by atoms with Gasteiger partial charge in [-0.3, -0.25) is 4.79 Å². The Kier molecular flexibility index (Phi) is 3.85. The molecule has 15 heavy (non-hydrogen) atoms. The van der Waals surface area contributed by atoms with Gasteiger partial charge in [0, 0.05) is 0 Å². The van der Waals surface area contributed by atoms with E-state index in [4.69, 9.17) is 4.79 Å². The number of primary amides is 1. The summed E-state index contributed by atoms with van der Waals surface area (Å²) in [6.07, 6.45) is 2.63. The third-order valence-electron chi connectivity index (χ3n) is 2.62. The van der Waals surface area contributed by atoms with E-state index < -0.39 is 0 Å². The SMILES string of the molecule is CC1(c2ccc(Br)c(F)c2)CC1.NC=O. The van der Waals surface area contributed by atoms with Crippen molar-refractivity contribution in [1.29, 1.82) is 0 Å². The van der Waals surface area contributed by atoms with Crippen LogP contribution in [-0.2, 0) is 10.2 Å². The summed E-state index contributed by atoms with van der Waals surface area (Å²) in [5, 5.41) is 0. The Bertz CT molecular complexity index is 364. The van der Waals surface area contributed by atoms with E-state index in [-0.39, 0.29) is 17.6 Å². The number of carbonyl (C=O) groups excluding carboxylic acids is 1. The molecule has 0 radical (unpaired) electrons. The molecule has 1 aliphatic rings. The van der Waals surface area contributed by atoms with Gasteiger partial charge in [-0.15, -0.1) is 0 Å². The van der Waals surface area contributed by atoms with Crippen LogP contribution >= 0.6 is 15.9 Å². The second-order valence-corrected chi connectivity index (χ2v) is 4.68. The van der Waals surface area contributed by atoms with Gasteiger partial charge in [0.2, 0.25) is 6.41 Å². The Labute approximate surface area is 96.8 Å². The molecule has 1 saturated carbocycles. The number of nitrogens with two attached hydrogens (primary N) is 1. The summed E-state index contributed by atoms with van der Waals surface area (Å²) in [4.78, 5) is 8.58. The smallest absolute Gasteiger partial charge is 0.204 e. The van der Waals surface area contributed by atoms with Crippen molar-refractivity contribution in [3.8, 4) is 0 Å². The molecule has 82 valence electrons. The minimum absolute atomic E-state index is 0.152. The molecule has 0 atom stereocenters. The van der Waals surface area contributed by atoms with Crippen molar-refractivity contribution < 1.29 is 9.18 Å². The molecule has 1 aromatic rings. The number of hydrogen-bond donors (Lipinski definition) is 1. The topological polar surface area (TPSA) is 43.1 Å². The van der Waals surface area contributed by atoms with Crippen LogP contribution in [0.4, 0.5) is 4.39 Å². The molecule has 2 nitrogen and oxygen atoms in total. The van der Waals surface area contributed by atoms with E-state index >= 15 is 0 Å². The number of carbonyl (C=O) groups is 1. The van der Waals surface area contributed by atoms with E-state index in [0.29, 0.717) is 4.47 Å². The van der Waals surface area contributed by atoms with Crippen molar-refractivity contribution in [2.75, 3.05) is 0 Å². The number of hydrogen-bond acceptors (Lipinski definition) is 1. The maximum absolute atomic E-state index is 13.1. The first-order valence-corrected chi connectivity index (χ1v) is 5.44. The predicted octanol–water partition coefficient (Wildman–Crippen LogP) is 2.74. The number of rotatable bonds is 1. The number of amides is 1. The molecule has 4 heteroatoms. The van der Waals surface area contributed by atoms with Crippen LogP contribution in [0.2, 0.25) is 0 Å². The highest BCUT2D eigenvalue weighted by Gasteiger charge is 2.39. The second-order valence-electron chi connectivity index (χ2n) is 3.83. The average Bonchev–Trinajstić information content (AvgIpc) is 2.91. The van der Waals surface area contributed by atoms with Crippen molar-refractivity contribution in [2.24, 2.45) is 5.73 Å². The molecule has 1 amide bonds. The van der Waals surface area contributed by atoms with Crippen LogP contribution in [0, 0.1) is 5.82 Å². The summed E-state index contributed by atoms with van der Waals surface area (Å²) in [5.41, 5.74) is 5.56. The zero-order valence-electron chi connectivity index (χ0n) is 8.47. The highest BCUT2D eigenvalue weighted by Crippen LogP contribution is 2.47. The molecule has 0 aliphatic heterocycles. The Morgan fingerprint density at radius 2 is 2.07 bits per heavy atom. The minimum Gasteiger partial charge on any atom is -0.372 e. The van der Waals surface area contributed by atoms with E-state index in [0.717, 1.165) is 5.56 Å². The van der Waals surface area contributed by atoms with E-state index in [1.807, 2.05) is 6.07 Å². The molecule has 2 N–H and O–H groups in total. The van der Waals surface area contributed by atoms with Crippen molar-refractivity contribution >= 4 is 22.3 Å². The molecule has 0 saturated heterocycles. The molecule has 1 aromatic carbocycles. The van der Waals surface area contributed by atoms with Gasteiger partial charge < -0.3 is 5.73 Å². The monoisotopic (exact) mass is 273 g/mol. The molecule has 0 bridgehead atoms. The molecule has 0 unspecified atom stereocenters. The van der Waals surface area contributed by atoms with Crippen molar-refractivity contribution in [2.45, 2.75) is 25.2 Å². The van der Waals surface area contributed by atoms with Gasteiger partial charge in [-0.05, 0) is 51.9 Å². The van der Waals surface area contributed by atoms with Crippen LogP contribution in [0.5, 0.6) is 0 Å². The molecular weight excluding hydrogens is 261 g/mol. The van der Waals surface area contributed by atoms with E-state index in [1.165, 1.54) is 12.8 Å². The molecule has 0 heterocycles. The Morgan fingerprint density at radius 3 is 2.47 bits per heavy atom. The quantitative estimate of drug-likeness (QED) is 0.786. The van der Waals surface area contributed by atoms with Gasteiger partial charge in [0.1, 0.15) is 5.82 Å². The zero-order valence-corrected chi connectivity index (χ0v) is 10.1. The lowest BCUT2D eigenvalue weighted by atomic mass is 9.99. The summed E-state index contributed by atoms with van der Waals surface area (Å²) in [5.74, 6) is -0.152. The summed E-state index contributed by atoms with van der Waals surface area (Å²) >= 11 is 3.14. The normalized spacial score (nSPS) is 16.2. The van der Waals surface area contributed by atoms with Crippen molar-refractivity contribution in [1.82, 2.24) is 0 Å². The van der Waals surface area contributed by atoms with Gasteiger partial charge >= 0.3 is 0 Å². The molecule has 0 aromatic heterocycles. The standard InChI is InChI=1S/C10H10BrF.CH3NO/c1-10(4-5-10)7-2-3-8(11)9(12)6-7;2-1-3/h2-3,6H,4-5H2,1H3;1H,(H2,2,3). The molecule has 0 spiro atoms. The summed E-state index contributed by atoms with van der Waals surface area (Å²) < 4.78 is 13.6. The maximum Gasteiger partial charge on any atom is 0.204 e. The molecular formula is C11H13BrFNO. The van der Waals surface area contributed by atoms with Gasteiger partial charge in [-0.2, -0.15) is 0 Å². The highest BCUT2D eigenvalue weighted by atomic mass is 79.9. The van der Waals surface area contributed by atoms with Crippen LogP contribution in [0.25, 0.3) is 0 Å². The zero-order chi connectivity index (χ0) is 11.5. The highest BCUT2D eigenvalue weighted by molar-refractivity contribution is 9.10. The van der Waals surface area contributed by atoms with Gasteiger partial charge in [0.25, 0.3) is 0 Å². The fraction of sp³-hybridized carbons (Fsp3) is 0.364. The first-order chi connectivity index (χ1) is 7.03. The lowest BCUT2D eigenvalue weighted by molar-refractivity contribution is -0.106. The first-order valence-electron chi connectivity index (χ1n) is 4.64. The fourth-order valence-corrected chi connectivity index (χ4v) is 1.59. The van der Waals surface area contributed by atoms with E-state index in [1.54, 1.807) is 12.1 Å². The van der Waals surface area contributed by atoms with Gasteiger partial charge in [0.05, 0.1) is 4.47 Å². The predicted molar refractivity (Wildman–Crippen MR) is 60.9 cm³/mol. The lowest BCUT2D eigenvalue weighted by Crippen LogP contribution is -1.99. The number of benzene rings is 1. The number of halogens is 2. The second kappa shape index (κ2) is 4.75. The van der Waals surface area contributed by atoms with Gasteiger partial charge in [-0.1, -0.05) is 13.0 Å². The van der Waals surface area contributed by atoms with E-state index in [2.05, 4.69) is 28.6 Å². The summed E-state index contributed by atoms with van der Waals surface area (Å²) in [6.45, 7) is 2.18. The summed E-state index contributed by atoms with van der Waals surface area (Å²) in [6, 6.07) is 5.42. The Morgan fingerprint density at radius 1 is 1.53 bits per heavy atom. The average molecular weight is 274 g/mol. The molecule has 1 fully saturated rings. The fourth-order valence-electron chi connectivity index (χ4n) is 1.35. The molecule has 1 aliphatic carbocycles. The van der Waals surface area contributed by atoms with Crippen molar-refractivity contribution in [3.63, 3.8) is 0 Å². The van der Waals surface area contributed by atoms with Crippen LogP contribution in [-0.4, -0.2) is 6.41 Å². The van der Waals surface area contributed by atoms with Crippen LogP contribution in [0.15, 0.2) is 22.7 Å². The maximum atomic E-state index is 13.1. The molecule has 2 rings (SSSR count). The van der Waals surface area contributed by atoms with Gasteiger partial charge in [0.15, 0.2) is 0 Å². The third-order valence-corrected chi connectivity index (χ3v) is 3.26. The lowest BCUT2D eigenvalue weighted by Gasteiger charge is -2.08. The Hall–Kier alpha value is -0.900. The van der Waals surface area contributed by atoms with Crippen LogP contribution in [0.1, 0.15) is 25.3 Å². The van der Waals surface area contributed by atoms with Crippen LogP contribution < -0.4 is 5.73 Å². The first kappa shape index (κ1) is 12.2. The Balaban J connectivity index is 0.000000337. The summed E-state index contributed by atoms with van der Waals surface area (Å²) in [7, 11) is 0. The van der Waals surface area contributed by atoms with Crippen molar-refractivity contribution in [3.05, 3.63) is 34.1 Å². The van der Waals surface area contributed by atoms with Gasteiger partial charge in [-0.25, -0.2) is 4.39 Å². The van der Waals surface area contributed by atoms with Crippen LogP contribution in [0.3, 0.4) is 0 Å².